The van der Waals surface area contributed by atoms with Gasteiger partial charge < -0.3 is 19.8 Å². The van der Waals surface area contributed by atoms with E-state index in [-0.39, 0.29) is 0 Å². The van der Waals surface area contributed by atoms with Crippen molar-refractivity contribution >= 4 is 17.0 Å². The van der Waals surface area contributed by atoms with Gasteiger partial charge in [-0.15, -0.1) is 0 Å². The average molecular weight is 261 g/mol. The smallest absolute Gasteiger partial charge is 0.201 e. The molecule has 0 atom stereocenters. The summed E-state index contributed by atoms with van der Waals surface area (Å²) in [4.78, 5) is 4.43. The lowest BCUT2D eigenvalue weighted by Gasteiger charge is -2.36. The molecule has 2 N–H and O–H groups in total. The molecule has 0 amide bonds. The second-order valence-corrected chi connectivity index (χ2v) is 4.87. The molecule has 5 nitrogen and oxygen atoms in total. The molecule has 1 aromatic heterocycles. The minimum absolute atomic E-state index is 0.359. The van der Waals surface area contributed by atoms with Crippen LogP contribution < -0.4 is 10.5 Å². The van der Waals surface area contributed by atoms with E-state index in [1.165, 1.54) is 0 Å². The number of nitrogens with zero attached hydrogens (tertiary/aromatic N) is 2. The van der Waals surface area contributed by atoms with Crippen molar-refractivity contribution in [3.8, 4) is 5.75 Å². The molecule has 2 aromatic rings. The van der Waals surface area contributed by atoms with Gasteiger partial charge in [-0.1, -0.05) is 6.07 Å². The number of imidazole rings is 1. The summed E-state index contributed by atoms with van der Waals surface area (Å²) in [5, 5.41) is 0. The molecule has 0 unspecified atom stereocenters. The van der Waals surface area contributed by atoms with Gasteiger partial charge in [-0.3, -0.25) is 0 Å². The summed E-state index contributed by atoms with van der Waals surface area (Å²) in [6.45, 7) is 2.80. The van der Waals surface area contributed by atoms with Crippen LogP contribution in [0.1, 0.15) is 25.8 Å². The van der Waals surface area contributed by atoms with Crippen molar-refractivity contribution in [3.63, 3.8) is 0 Å². The molecule has 19 heavy (non-hydrogen) atoms. The first kappa shape index (κ1) is 12.3. The van der Waals surface area contributed by atoms with Crippen LogP contribution in [0.4, 0.5) is 5.95 Å². The Morgan fingerprint density at radius 2 is 2.21 bits per heavy atom. The fraction of sp³-hybridized carbons (Fsp3) is 0.500. The van der Waals surface area contributed by atoms with E-state index in [4.69, 9.17) is 15.2 Å². The largest absolute Gasteiger partial charge is 0.494 e. The quantitative estimate of drug-likeness (QED) is 0.917. The first-order chi connectivity index (χ1) is 9.24. The van der Waals surface area contributed by atoms with Gasteiger partial charge in [0.05, 0.1) is 18.7 Å². The molecule has 0 aliphatic heterocycles. The predicted molar refractivity (Wildman–Crippen MR) is 74.4 cm³/mol. The number of anilines is 1. The molecule has 1 saturated carbocycles. The molecule has 1 aromatic carbocycles. The van der Waals surface area contributed by atoms with E-state index in [1.807, 2.05) is 25.1 Å². The summed E-state index contributed by atoms with van der Waals surface area (Å²) in [5.74, 6) is 1.32. The number of nitrogens with two attached hydrogens (primary N) is 1. The van der Waals surface area contributed by atoms with E-state index < -0.39 is 0 Å². The van der Waals surface area contributed by atoms with Gasteiger partial charge in [0.25, 0.3) is 0 Å². The summed E-state index contributed by atoms with van der Waals surface area (Å²) < 4.78 is 13.0. The normalized spacial score (nSPS) is 22.4. The maximum atomic E-state index is 6.06. The lowest BCUT2D eigenvalue weighted by atomic mass is 9.89. The molecule has 0 bridgehead atoms. The number of benzene rings is 1. The zero-order valence-electron chi connectivity index (χ0n) is 11.3. The molecule has 0 spiro atoms. The van der Waals surface area contributed by atoms with Gasteiger partial charge in [-0.2, -0.15) is 0 Å². The van der Waals surface area contributed by atoms with Crippen LogP contribution in [0, 0.1) is 0 Å². The van der Waals surface area contributed by atoms with Crippen molar-refractivity contribution in [1.29, 1.82) is 0 Å². The number of rotatable bonds is 4. The minimum Gasteiger partial charge on any atom is -0.494 e. The summed E-state index contributed by atoms with van der Waals surface area (Å²) in [7, 11) is 1.65. The fourth-order valence-corrected chi connectivity index (χ4v) is 2.78. The number of aromatic nitrogens is 2. The fourth-order valence-electron chi connectivity index (χ4n) is 2.78. The first-order valence-electron chi connectivity index (χ1n) is 6.66. The van der Waals surface area contributed by atoms with Crippen LogP contribution in [0.2, 0.25) is 0 Å². The Balaban J connectivity index is 1.94. The number of methoxy groups -OCH3 is 1. The molecular formula is C14H19N3O2. The standard InChI is InChI=1S/C14H19N3O2/c1-3-19-10-7-9(8-10)17-11-5-4-6-12(18-2)13(11)16-14(17)15/h4-6,9-10H,3,7-8H2,1-2H3,(H2,15,16). The molecule has 1 aliphatic carbocycles. The van der Waals surface area contributed by atoms with Crippen LogP contribution >= 0.6 is 0 Å². The summed E-state index contributed by atoms with van der Waals surface area (Å²) >= 11 is 0. The molecule has 1 heterocycles. The van der Waals surface area contributed by atoms with E-state index in [2.05, 4.69) is 9.55 Å². The average Bonchev–Trinajstić information content (AvgIpc) is 2.69. The second-order valence-electron chi connectivity index (χ2n) is 4.87. The van der Waals surface area contributed by atoms with E-state index in [0.717, 1.165) is 36.2 Å². The van der Waals surface area contributed by atoms with Crippen molar-refractivity contribution in [2.75, 3.05) is 19.5 Å². The molecule has 102 valence electrons. The molecule has 0 radical (unpaired) electrons. The Labute approximate surface area is 112 Å². The highest BCUT2D eigenvalue weighted by atomic mass is 16.5. The number of hydrogen-bond donors (Lipinski definition) is 1. The Kier molecular flexibility index (Phi) is 3.06. The van der Waals surface area contributed by atoms with Gasteiger partial charge in [0, 0.05) is 12.6 Å². The third kappa shape index (κ3) is 1.94. The van der Waals surface area contributed by atoms with Crippen molar-refractivity contribution in [3.05, 3.63) is 18.2 Å². The van der Waals surface area contributed by atoms with Gasteiger partial charge >= 0.3 is 0 Å². The zero-order valence-corrected chi connectivity index (χ0v) is 11.3. The van der Waals surface area contributed by atoms with Crippen molar-refractivity contribution in [2.24, 2.45) is 0 Å². The third-order valence-electron chi connectivity index (χ3n) is 3.77. The van der Waals surface area contributed by atoms with E-state index in [1.54, 1.807) is 7.11 Å². The summed E-state index contributed by atoms with van der Waals surface area (Å²) in [6.07, 6.45) is 2.36. The maximum absolute atomic E-state index is 6.06. The van der Waals surface area contributed by atoms with Crippen LogP contribution in [0.3, 0.4) is 0 Å². The van der Waals surface area contributed by atoms with Crippen molar-refractivity contribution in [2.45, 2.75) is 31.9 Å². The number of fused-ring (bicyclic) bond motifs is 1. The van der Waals surface area contributed by atoms with Gasteiger partial charge in [0.1, 0.15) is 11.3 Å². The highest BCUT2D eigenvalue weighted by Gasteiger charge is 2.33. The molecule has 0 saturated heterocycles. The van der Waals surface area contributed by atoms with Crippen LogP contribution in [0.5, 0.6) is 5.75 Å². The number of hydrogen-bond acceptors (Lipinski definition) is 4. The lowest BCUT2D eigenvalue weighted by molar-refractivity contribution is -0.0181. The zero-order chi connectivity index (χ0) is 13.4. The number of para-hydroxylation sites is 1. The van der Waals surface area contributed by atoms with Crippen LogP contribution in [-0.2, 0) is 4.74 Å². The first-order valence-corrected chi connectivity index (χ1v) is 6.66. The van der Waals surface area contributed by atoms with Crippen LogP contribution in [0.15, 0.2) is 18.2 Å². The Morgan fingerprint density at radius 3 is 2.89 bits per heavy atom. The third-order valence-corrected chi connectivity index (χ3v) is 3.77. The Hall–Kier alpha value is -1.75. The monoisotopic (exact) mass is 261 g/mol. The second kappa shape index (κ2) is 4.74. The van der Waals surface area contributed by atoms with Gasteiger partial charge in [0.15, 0.2) is 0 Å². The Bertz CT molecular complexity index is 588. The molecule has 3 rings (SSSR count). The maximum Gasteiger partial charge on any atom is 0.201 e. The SMILES string of the molecule is CCOC1CC(n2c(N)nc3c(OC)cccc32)C1. The topological polar surface area (TPSA) is 62.3 Å². The highest BCUT2D eigenvalue weighted by Crippen LogP contribution is 2.39. The Morgan fingerprint density at radius 1 is 1.42 bits per heavy atom. The molecular weight excluding hydrogens is 242 g/mol. The summed E-state index contributed by atoms with van der Waals surface area (Å²) in [5.41, 5.74) is 7.94. The van der Waals surface area contributed by atoms with Gasteiger partial charge in [-0.25, -0.2) is 4.98 Å². The molecule has 1 fully saturated rings. The van der Waals surface area contributed by atoms with Crippen LogP contribution in [-0.4, -0.2) is 29.4 Å². The van der Waals surface area contributed by atoms with E-state index >= 15 is 0 Å². The lowest BCUT2D eigenvalue weighted by Crippen LogP contribution is -2.33. The van der Waals surface area contributed by atoms with E-state index in [9.17, 15) is 0 Å². The molecule has 5 heteroatoms. The van der Waals surface area contributed by atoms with Gasteiger partial charge in [0.2, 0.25) is 5.95 Å². The van der Waals surface area contributed by atoms with Crippen molar-refractivity contribution in [1.82, 2.24) is 9.55 Å². The number of nitrogen functional groups attached to an aromatic ring is 1. The van der Waals surface area contributed by atoms with E-state index in [0.29, 0.717) is 18.1 Å². The predicted octanol–water partition coefficient (Wildman–Crippen LogP) is 2.37. The van der Waals surface area contributed by atoms with Crippen molar-refractivity contribution < 1.29 is 9.47 Å². The minimum atomic E-state index is 0.359. The molecule has 1 aliphatic rings. The van der Waals surface area contributed by atoms with Crippen LogP contribution in [0.25, 0.3) is 11.0 Å². The van der Waals surface area contributed by atoms with Gasteiger partial charge in [-0.05, 0) is 31.9 Å². The highest BCUT2D eigenvalue weighted by molar-refractivity contribution is 5.84. The summed E-state index contributed by atoms with van der Waals surface area (Å²) in [6, 6.07) is 6.30. The number of ether oxygens (including phenoxy) is 2.